The van der Waals surface area contributed by atoms with Gasteiger partial charge in [0, 0.05) is 12.1 Å². The fourth-order valence-electron chi connectivity index (χ4n) is 3.48. The average Bonchev–Trinajstić information content (AvgIpc) is 2.57. The third-order valence-electron chi connectivity index (χ3n) is 4.33. The van der Waals surface area contributed by atoms with Crippen LogP contribution < -0.4 is 10.6 Å². The molecule has 104 valence electrons. The van der Waals surface area contributed by atoms with Gasteiger partial charge in [0.15, 0.2) is 0 Å². The van der Waals surface area contributed by atoms with Gasteiger partial charge in [0.1, 0.15) is 0 Å². The van der Waals surface area contributed by atoms with Gasteiger partial charge in [-0.15, -0.1) is 0 Å². The maximum atomic E-state index is 12.6. The van der Waals surface area contributed by atoms with Gasteiger partial charge in [-0.3, -0.25) is 0 Å². The monoisotopic (exact) mass is 270 g/mol. The summed E-state index contributed by atoms with van der Waals surface area (Å²) >= 11 is 0. The van der Waals surface area contributed by atoms with E-state index in [9.17, 15) is 13.2 Å². The van der Waals surface area contributed by atoms with Crippen LogP contribution in [0.1, 0.15) is 37.7 Å². The Morgan fingerprint density at radius 1 is 1.05 bits per heavy atom. The molecule has 2 heterocycles. The van der Waals surface area contributed by atoms with Crippen LogP contribution in [-0.4, -0.2) is 12.1 Å². The first kappa shape index (κ1) is 12.6. The quantitative estimate of drug-likeness (QED) is 0.786. The van der Waals surface area contributed by atoms with Crippen molar-refractivity contribution >= 4 is 11.4 Å². The lowest BCUT2D eigenvalue weighted by Crippen LogP contribution is -2.40. The number of benzene rings is 1. The van der Waals surface area contributed by atoms with E-state index in [4.69, 9.17) is 5.73 Å². The van der Waals surface area contributed by atoms with Gasteiger partial charge in [0.05, 0.1) is 16.9 Å². The van der Waals surface area contributed by atoms with E-state index in [0.717, 1.165) is 43.5 Å². The molecule has 2 aliphatic heterocycles. The van der Waals surface area contributed by atoms with Crippen LogP contribution in [0.2, 0.25) is 0 Å². The van der Waals surface area contributed by atoms with Crippen LogP contribution in [0.15, 0.2) is 18.2 Å². The van der Waals surface area contributed by atoms with Crippen molar-refractivity contribution in [3.63, 3.8) is 0 Å². The van der Waals surface area contributed by atoms with Gasteiger partial charge in [-0.25, -0.2) is 0 Å². The van der Waals surface area contributed by atoms with E-state index >= 15 is 0 Å². The number of hydrogen-bond donors (Lipinski definition) is 1. The summed E-state index contributed by atoms with van der Waals surface area (Å²) in [6.07, 6.45) is 1.39. The van der Waals surface area contributed by atoms with Gasteiger partial charge < -0.3 is 10.6 Å². The highest BCUT2D eigenvalue weighted by Crippen LogP contribution is 2.42. The van der Waals surface area contributed by atoms with E-state index in [-0.39, 0.29) is 5.69 Å². The lowest BCUT2D eigenvalue weighted by Gasteiger charge is -2.37. The molecule has 0 aliphatic carbocycles. The summed E-state index contributed by atoms with van der Waals surface area (Å²) in [5.41, 5.74) is 6.21. The first-order valence-electron chi connectivity index (χ1n) is 6.72. The smallest absolute Gasteiger partial charge is 0.397 e. The number of halogens is 3. The second-order valence-corrected chi connectivity index (χ2v) is 5.49. The molecule has 0 spiro atoms. The van der Waals surface area contributed by atoms with E-state index in [1.54, 1.807) is 0 Å². The van der Waals surface area contributed by atoms with Gasteiger partial charge in [-0.2, -0.15) is 13.2 Å². The zero-order valence-corrected chi connectivity index (χ0v) is 10.6. The number of rotatable bonds is 1. The summed E-state index contributed by atoms with van der Waals surface area (Å²) in [6.45, 7) is 0. The lowest BCUT2D eigenvalue weighted by molar-refractivity contribution is -0.137. The molecule has 1 aromatic carbocycles. The summed E-state index contributed by atoms with van der Waals surface area (Å²) in [5, 5.41) is 0. The Morgan fingerprint density at radius 3 is 2.21 bits per heavy atom. The highest BCUT2D eigenvalue weighted by atomic mass is 19.4. The van der Waals surface area contributed by atoms with E-state index in [0.29, 0.717) is 12.1 Å². The number of fused-ring (bicyclic) bond motifs is 2. The van der Waals surface area contributed by atoms with Crippen LogP contribution in [0, 0.1) is 0 Å². The zero-order valence-electron chi connectivity index (χ0n) is 10.6. The Bertz CT molecular complexity index is 468. The van der Waals surface area contributed by atoms with Crippen molar-refractivity contribution in [2.75, 3.05) is 10.6 Å². The van der Waals surface area contributed by atoms with Gasteiger partial charge in [0.2, 0.25) is 0 Å². The van der Waals surface area contributed by atoms with Gasteiger partial charge in [-0.1, -0.05) is 0 Å². The standard InChI is InChI=1S/C14H17F3N2/c15-14(16,17)9-4-7-13(12(18)8-9)19-10-2-1-3-11(19)6-5-10/h4,7-8,10-11H,1-3,5-6,18H2. The molecule has 5 heteroatoms. The number of anilines is 2. The molecule has 0 saturated carbocycles. The van der Waals surface area contributed by atoms with Crippen LogP contribution >= 0.6 is 0 Å². The molecular weight excluding hydrogens is 253 g/mol. The van der Waals surface area contributed by atoms with Crippen molar-refractivity contribution < 1.29 is 13.2 Å². The molecule has 0 aromatic heterocycles. The van der Waals surface area contributed by atoms with E-state index in [1.165, 1.54) is 12.5 Å². The number of hydrogen-bond acceptors (Lipinski definition) is 2. The lowest BCUT2D eigenvalue weighted by atomic mass is 10.0. The molecular formula is C14H17F3N2. The largest absolute Gasteiger partial charge is 0.416 e. The SMILES string of the molecule is Nc1cc(C(F)(F)F)ccc1N1C2CCCC1CC2. The Kier molecular flexibility index (Phi) is 2.87. The van der Waals surface area contributed by atoms with Crippen molar-refractivity contribution in [2.24, 2.45) is 0 Å². The van der Waals surface area contributed by atoms with Crippen molar-refractivity contribution in [1.82, 2.24) is 0 Å². The second kappa shape index (κ2) is 4.32. The Hall–Kier alpha value is -1.39. The minimum absolute atomic E-state index is 0.244. The number of alkyl halides is 3. The molecule has 3 rings (SSSR count). The Labute approximate surface area is 110 Å². The van der Waals surface area contributed by atoms with Crippen molar-refractivity contribution in [1.29, 1.82) is 0 Å². The minimum Gasteiger partial charge on any atom is -0.397 e. The van der Waals surface area contributed by atoms with Gasteiger partial charge in [0.25, 0.3) is 0 Å². The minimum atomic E-state index is -4.33. The van der Waals surface area contributed by atoms with Crippen LogP contribution in [0.3, 0.4) is 0 Å². The van der Waals surface area contributed by atoms with Crippen molar-refractivity contribution in [3.05, 3.63) is 23.8 Å². The molecule has 0 amide bonds. The zero-order chi connectivity index (χ0) is 13.6. The summed E-state index contributed by atoms with van der Waals surface area (Å²) in [4.78, 5) is 2.25. The number of nitrogens with zero attached hydrogens (tertiary/aromatic N) is 1. The first-order valence-corrected chi connectivity index (χ1v) is 6.72. The molecule has 2 nitrogen and oxygen atoms in total. The predicted molar refractivity (Wildman–Crippen MR) is 69.0 cm³/mol. The molecule has 2 bridgehead atoms. The number of nitrogens with two attached hydrogens (primary N) is 1. The third kappa shape index (κ3) is 2.15. The summed E-state index contributed by atoms with van der Waals surface area (Å²) in [6, 6.07) is 4.65. The van der Waals surface area contributed by atoms with Crippen molar-refractivity contribution in [2.45, 2.75) is 50.4 Å². The van der Waals surface area contributed by atoms with Crippen LogP contribution in [0.25, 0.3) is 0 Å². The number of nitrogen functional groups attached to an aromatic ring is 1. The normalized spacial score (nSPS) is 26.8. The topological polar surface area (TPSA) is 29.3 Å². The molecule has 2 saturated heterocycles. The van der Waals surface area contributed by atoms with Gasteiger partial charge >= 0.3 is 6.18 Å². The molecule has 2 atom stereocenters. The maximum absolute atomic E-state index is 12.6. The van der Waals surface area contributed by atoms with Crippen LogP contribution in [0.4, 0.5) is 24.5 Å². The first-order chi connectivity index (χ1) is 8.97. The maximum Gasteiger partial charge on any atom is 0.416 e. The Balaban J connectivity index is 1.94. The second-order valence-electron chi connectivity index (χ2n) is 5.49. The average molecular weight is 270 g/mol. The third-order valence-corrected chi connectivity index (χ3v) is 4.33. The fourth-order valence-corrected chi connectivity index (χ4v) is 3.48. The molecule has 0 radical (unpaired) electrons. The van der Waals surface area contributed by atoms with Crippen molar-refractivity contribution in [3.8, 4) is 0 Å². The summed E-state index contributed by atoms with van der Waals surface area (Å²) in [5.74, 6) is 0. The molecule has 2 fully saturated rings. The predicted octanol–water partition coefficient (Wildman–Crippen LogP) is 3.81. The molecule has 2 N–H and O–H groups in total. The molecule has 2 unspecified atom stereocenters. The van der Waals surface area contributed by atoms with Crippen LogP contribution in [0.5, 0.6) is 0 Å². The molecule has 19 heavy (non-hydrogen) atoms. The number of piperidine rings is 1. The van der Waals surface area contributed by atoms with E-state index in [1.807, 2.05) is 0 Å². The van der Waals surface area contributed by atoms with E-state index in [2.05, 4.69) is 4.90 Å². The summed E-state index contributed by atoms with van der Waals surface area (Å²) in [7, 11) is 0. The highest BCUT2D eigenvalue weighted by molar-refractivity contribution is 5.70. The molecule has 2 aliphatic rings. The Morgan fingerprint density at radius 2 is 1.68 bits per heavy atom. The summed E-state index contributed by atoms with van der Waals surface area (Å²) < 4.78 is 37.9. The van der Waals surface area contributed by atoms with Gasteiger partial charge in [-0.05, 0) is 50.3 Å². The molecule has 1 aromatic rings. The highest BCUT2D eigenvalue weighted by Gasteiger charge is 2.38. The van der Waals surface area contributed by atoms with Crippen LogP contribution in [-0.2, 0) is 6.18 Å². The van der Waals surface area contributed by atoms with E-state index < -0.39 is 11.7 Å². The fraction of sp³-hybridized carbons (Fsp3) is 0.571.